The van der Waals surface area contributed by atoms with Crippen LogP contribution in [0.15, 0.2) is 59.5 Å². The maximum Gasteiger partial charge on any atom is 0.122 e. The first-order valence-corrected chi connectivity index (χ1v) is 9.68. The second-order valence-electron chi connectivity index (χ2n) is 5.76. The minimum Gasteiger partial charge on any atom is -0.369 e. The van der Waals surface area contributed by atoms with E-state index in [0.29, 0.717) is 4.90 Å². The zero-order chi connectivity index (χ0) is 17.2. The number of piperazine rings is 1. The summed E-state index contributed by atoms with van der Waals surface area (Å²) in [4.78, 5) is 3.11. The summed E-state index contributed by atoms with van der Waals surface area (Å²) in [6.45, 7) is 6.71. The number of nitrogens with zero attached hydrogens (tertiary/aromatic N) is 1. The Hall–Kier alpha value is -1.69. The van der Waals surface area contributed by atoms with Crippen molar-refractivity contribution in [2.75, 3.05) is 31.1 Å². The van der Waals surface area contributed by atoms with Gasteiger partial charge in [0.05, 0.1) is 4.90 Å². The molecule has 3 rings (SSSR count). The van der Waals surface area contributed by atoms with Crippen molar-refractivity contribution in [3.05, 3.63) is 60.2 Å². The van der Waals surface area contributed by atoms with Crippen LogP contribution in [0.4, 0.5) is 5.69 Å². The first kappa shape index (κ1) is 18.6. The van der Waals surface area contributed by atoms with Gasteiger partial charge in [-0.25, -0.2) is 9.35 Å². The minimum absolute atomic E-state index is 0.664. The van der Waals surface area contributed by atoms with Gasteiger partial charge < -0.3 is 10.2 Å². The lowest BCUT2D eigenvalue weighted by Gasteiger charge is -2.29. The molecule has 1 aliphatic heterocycles. The van der Waals surface area contributed by atoms with E-state index in [9.17, 15) is 4.21 Å². The van der Waals surface area contributed by atoms with Crippen LogP contribution in [0.3, 0.4) is 0 Å². The van der Waals surface area contributed by atoms with Gasteiger partial charge in [-0.1, -0.05) is 43.7 Å². The van der Waals surface area contributed by atoms with E-state index in [-0.39, 0.29) is 0 Å². The van der Waals surface area contributed by atoms with Crippen molar-refractivity contribution in [1.82, 2.24) is 5.32 Å². The number of hydrogen-bond donors (Lipinski definition) is 2. The monoisotopic (exact) mass is 345 g/mol. The normalized spacial score (nSPS) is 15.3. The van der Waals surface area contributed by atoms with Crippen molar-refractivity contribution in [1.29, 1.82) is 0 Å². The van der Waals surface area contributed by atoms with E-state index < -0.39 is 11.0 Å². The Labute approximate surface area is 147 Å². The van der Waals surface area contributed by atoms with E-state index in [4.69, 9.17) is 5.14 Å². The number of nitrogens with two attached hydrogens (primary N) is 1. The standard InChI is InChI=1S/C13H20N2.C6H7NOS/c1-2-3-12-4-6-13(7-5-12)15-10-8-14-9-11-15;7-9(8)6-4-2-1-3-5-6/h4-7,14H,2-3,8-11H2,1H3;1-5H,7H2. The third kappa shape index (κ3) is 6.07. The van der Waals surface area contributed by atoms with Crippen LogP contribution >= 0.6 is 0 Å². The average Bonchev–Trinajstić information content (AvgIpc) is 2.65. The molecule has 1 saturated heterocycles. The van der Waals surface area contributed by atoms with Gasteiger partial charge in [-0.15, -0.1) is 0 Å². The van der Waals surface area contributed by atoms with Gasteiger partial charge in [-0.3, -0.25) is 0 Å². The SMILES string of the molecule is CCCc1ccc(N2CCNCC2)cc1.NS(=O)c1ccccc1. The molecule has 1 unspecified atom stereocenters. The Bertz CT molecular complexity index is 610. The molecule has 0 aliphatic carbocycles. The third-order valence-electron chi connectivity index (χ3n) is 3.93. The van der Waals surface area contributed by atoms with Gasteiger partial charge in [0.25, 0.3) is 0 Å². The molecule has 0 amide bonds. The summed E-state index contributed by atoms with van der Waals surface area (Å²) in [6.07, 6.45) is 2.43. The number of hydrogen-bond acceptors (Lipinski definition) is 3. The lowest BCUT2D eigenvalue weighted by molar-refractivity contribution is 0.589. The number of aryl methyl sites for hydroxylation is 1. The number of anilines is 1. The van der Waals surface area contributed by atoms with E-state index in [2.05, 4.69) is 41.4 Å². The van der Waals surface area contributed by atoms with E-state index in [1.165, 1.54) is 24.1 Å². The summed E-state index contributed by atoms with van der Waals surface area (Å²) >= 11 is 0. The smallest absolute Gasteiger partial charge is 0.122 e. The number of nitrogens with one attached hydrogen (secondary N) is 1. The number of benzene rings is 2. The molecule has 1 heterocycles. The molecule has 2 aromatic carbocycles. The predicted octanol–water partition coefficient (Wildman–Crippen LogP) is 2.72. The van der Waals surface area contributed by atoms with Crippen LogP contribution < -0.4 is 15.4 Å². The van der Waals surface area contributed by atoms with Crippen molar-refractivity contribution < 1.29 is 4.21 Å². The molecular formula is C19H27N3OS. The molecule has 130 valence electrons. The Morgan fingerprint density at radius 1 is 1.04 bits per heavy atom. The molecule has 1 fully saturated rings. The molecule has 5 heteroatoms. The topological polar surface area (TPSA) is 58.4 Å². The molecule has 0 spiro atoms. The summed E-state index contributed by atoms with van der Waals surface area (Å²) in [5.74, 6) is 0. The van der Waals surface area contributed by atoms with Crippen LogP contribution in [-0.4, -0.2) is 30.4 Å². The Balaban J connectivity index is 0.000000198. The van der Waals surface area contributed by atoms with Crippen LogP contribution in [-0.2, 0) is 17.4 Å². The molecule has 4 nitrogen and oxygen atoms in total. The summed E-state index contributed by atoms with van der Waals surface area (Å²) in [5.41, 5.74) is 2.83. The van der Waals surface area contributed by atoms with Gasteiger partial charge >= 0.3 is 0 Å². The maximum atomic E-state index is 10.5. The van der Waals surface area contributed by atoms with Gasteiger partial charge in [0, 0.05) is 31.9 Å². The summed E-state index contributed by atoms with van der Waals surface area (Å²) in [6, 6.07) is 18.0. The first-order chi connectivity index (χ1) is 11.7. The first-order valence-electron chi connectivity index (χ1n) is 8.46. The molecule has 24 heavy (non-hydrogen) atoms. The average molecular weight is 346 g/mol. The second-order valence-corrected chi connectivity index (χ2v) is 6.83. The fraction of sp³-hybridized carbons (Fsp3) is 0.368. The molecule has 0 saturated carbocycles. The molecule has 3 N–H and O–H groups in total. The van der Waals surface area contributed by atoms with Crippen molar-refractivity contribution in [2.45, 2.75) is 24.7 Å². The van der Waals surface area contributed by atoms with Gasteiger partial charge in [0.2, 0.25) is 0 Å². The molecule has 0 bridgehead atoms. The predicted molar refractivity (Wildman–Crippen MR) is 103 cm³/mol. The maximum absolute atomic E-state index is 10.5. The Kier molecular flexibility index (Phi) is 7.95. The highest BCUT2D eigenvalue weighted by Gasteiger charge is 2.09. The second kappa shape index (κ2) is 10.2. The highest BCUT2D eigenvalue weighted by molar-refractivity contribution is 7.82. The van der Waals surface area contributed by atoms with Gasteiger partial charge in [0.1, 0.15) is 11.0 Å². The summed E-state index contributed by atoms with van der Waals surface area (Å²) in [5, 5.41) is 8.46. The summed E-state index contributed by atoms with van der Waals surface area (Å²) < 4.78 is 10.5. The fourth-order valence-electron chi connectivity index (χ4n) is 2.64. The number of rotatable bonds is 4. The summed E-state index contributed by atoms with van der Waals surface area (Å²) in [7, 11) is -1.33. The highest BCUT2D eigenvalue weighted by Crippen LogP contribution is 2.16. The molecular weight excluding hydrogens is 318 g/mol. The van der Waals surface area contributed by atoms with E-state index in [1.54, 1.807) is 24.3 Å². The van der Waals surface area contributed by atoms with Crippen molar-refractivity contribution in [2.24, 2.45) is 5.14 Å². The zero-order valence-corrected chi connectivity index (χ0v) is 15.1. The van der Waals surface area contributed by atoms with Gasteiger partial charge in [-0.05, 0) is 36.2 Å². The lowest BCUT2D eigenvalue weighted by atomic mass is 10.1. The Morgan fingerprint density at radius 2 is 1.67 bits per heavy atom. The lowest BCUT2D eigenvalue weighted by Crippen LogP contribution is -2.43. The van der Waals surface area contributed by atoms with E-state index in [0.717, 1.165) is 26.2 Å². The molecule has 2 aromatic rings. The van der Waals surface area contributed by atoms with Crippen LogP contribution in [0, 0.1) is 0 Å². The largest absolute Gasteiger partial charge is 0.369 e. The highest BCUT2D eigenvalue weighted by atomic mass is 32.2. The minimum atomic E-state index is -1.33. The molecule has 1 atom stereocenters. The molecule has 0 radical (unpaired) electrons. The van der Waals surface area contributed by atoms with Crippen molar-refractivity contribution in [3.63, 3.8) is 0 Å². The van der Waals surface area contributed by atoms with E-state index >= 15 is 0 Å². The van der Waals surface area contributed by atoms with Crippen LogP contribution in [0.1, 0.15) is 18.9 Å². The van der Waals surface area contributed by atoms with Crippen LogP contribution in [0.2, 0.25) is 0 Å². The van der Waals surface area contributed by atoms with Crippen LogP contribution in [0.5, 0.6) is 0 Å². The van der Waals surface area contributed by atoms with Crippen molar-refractivity contribution >= 4 is 16.7 Å². The van der Waals surface area contributed by atoms with Gasteiger partial charge in [-0.2, -0.15) is 0 Å². The quantitative estimate of drug-likeness (QED) is 0.896. The van der Waals surface area contributed by atoms with Crippen LogP contribution in [0.25, 0.3) is 0 Å². The van der Waals surface area contributed by atoms with Gasteiger partial charge in [0.15, 0.2) is 0 Å². The Morgan fingerprint density at radius 3 is 2.17 bits per heavy atom. The van der Waals surface area contributed by atoms with Crippen molar-refractivity contribution in [3.8, 4) is 0 Å². The fourth-order valence-corrected chi connectivity index (χ4v) is 3.07. The molecule has 0 aromatic heterocycles. The zero-order valence-electron chi connectivity index (χ0n) is 14.3. The third-order valence-corrected chi connectivity index (χ3v) is 4.67. The molecule has 1 aliphatic rings. The van der Waals surface area contributed by atoms with E-state index in [1.807, 2.05) is 6.07 Å².